The van der Waals surface area contributed by atoms with E-state index in [0.29, 0.717) is 29.0 Å². The predicted molar refractivity (Wildman–Crippen MR) is 91.3 cm³/mol. The van der Waals surface area contributed by atoms with Crippen molar-refractivity contribution in [1.29, 1.82) is 0 Å². The summed E-state index contributed by atoms with van der Waals surface area (Å²) in [5, 5.41) is 15.9. The topological polar surface area (TPSA) is 87.9 Å². The Labute approximate surface area is 138 Å². The number of anilines is 3. The van der Waals surface area contributed by atoms with Crippen LogP contribution in [-0.2, 0) is 6.54 Å². The largest absolute Gasteiger partial charge is 0.395 e. The lowest BCUT2D eigenvalue weighted by Crippen LogP contribution is -2.10. The first kappa shape index (κ1) is 15.5. The second kappa shape index (κ2) is 6.80. The number of aryl methyl sites for hydroxylation is 1. The molecule has 0 spiro atoms. The van der Waals surface area contributed by atoms with Gasteiger partial charge < -0.3 is 20.3 Å². The molecule has 8 heteroatoms. The molecule has 0 aliphatic rings. The first-order valence-electron chi connectivity index (χ1n) is 7.31. The van der Waals surface area contributed by atoms with Gasteiger partial charge >= 0.3 is 0 Å². The Morgan fingerprint density at radius 3 is 2.70 bits per heavy atom. The maximum absolute atomic E-state index is 8.95. The summed E-state index contributed by atoms with van der Waals surface area (Å²) in [6.07, 6.45) is 1.74. The summed E-state index contributed by atoms with van der Waals surface area (Å²) in [5.74, 6) is 1.07. The number of fused-ring (bicyclic) bond motifs is 1. The van der Waals surface area contributed by atoms with Crippen LogP contribution in [0.3, 0.4) is 0 Å². The van der Waals surface area contributed by atoms with Gasteiger partial charge in [-0.2, -0.15) is 9.97 Å². The van der Waals surface area contributed by atoms with Gasteiger partial charge in [-0.3, -0.25) is 0 Å². The van der Waals surface area contributed by atoms with Crippen molar-refractivity contribution in [2.24, 2.45) is 0 Å². The second-order valence-corrected chi connectivity index (χ2v) is 5.32. The fourth-order valence-electron chi connectivity index (χ4n) is 2.22. The molecule has 3 rings (SSSR count). The highest BCUT2D eigenvalue weighted by molar-refractivity contribution is 6.30. The number of nitrogens with one attached hydrogen (secondary N) is 2. The van der Waals surface area contributed by atoms with Crippen LogP contribution in [0.5, 0.6) is 0 Å². The van der Waals surface area contributed by atoms with E-state index in [-0.39, 0.29) is 6.61 Å². The lowest BCUT2D eigenvalue weighted by molar-refractivity contribution is 0.311. The molecular weight excluding hydrogens is 316 g/mol. The van der Waals surface area contributed by atoms with Gasteiger partial charge in [0.1, 0.15) is 5.52 Å². The number of nitrogens with zero attached hydrogens (tertiary/aromatic N) is 4. The van der Waals surface area contributed by atoms with E-state index in [1.807, 2.05) is 35.8 Å². The van der Waals surface area contributed by atoms with Gasteiger partial charge in [0.2, 0.25) is 5.95 Å². The summed E-state index contributed by atoms with van der Waals surface area (Å²) < 4.78 is 1.98. The summed E-state index contributed by atoms with van der Waals surface area (Å²) in [6.45, 7) is 3.18. The van der Waals surface area contributed by atoms with Crippen molar-refractivity contribution in [3.8, 4) is 0 Å². The third-order valence-corrected chi connectivity index (χ3v) is 3.57. The summed E-state index contributed by atoms with van der Waals surface area (Å²) in [6, 6.07) is 7.38. The van der Waals surface area contributed by atoms with Crippen molar-refractivity contribution in [1.82, 2.24) is 19.5 Å². The number of rotatable bonds is 6. The number of hydrogen-bond donors (Lipinski definition) is 3. The predicted octanol–water partition coefficient (Wildman–Crippen LogP) is 2.65. The minimum absolute atomic E-state index is 0.00471. The Morgan fingerprint density at radius 1 is 1.22 bits per heavy atom. The van der Waals surface area contributed by atoms with Gasteiger partial charge in [0.15, 0.2) is 11.5 Å². The van der Waals surface area contributed by atoms with Crippen LogP contribution in [0.4, 0.5) is 17.5 Å². The van der Waals surface area contributed by atoms with E-state index in [1.54, 1.807) is 6.33 Å². The first-order valence-corrected chi connectivity index (χ1v) is 7.69. The van der Waals surface area contributed by atoms with E-state index in [9.17, 15) is 0 Å². The number of aliphatic hydroxyl groups is 1. The third kappa shape index (κ3) is 3.35. The minimum atomic E-state index is 0.00471. The van der Waals surface area contributed by atoms with E-state index >= 15 is 0 Å². The van der Waals surface area contributed by atoms with Crippen LogP contribution < -0.4 is 10.6 Å². The van der Waals surface area contributed by atoms with Crippen molar-refractivity contribution in [3.63, 3.8) is 0 Å². The van der Waals surface area contributed by atoms with Crippen LogP contribution in [0.1, 0.15) is 6.92 Å². The Kier molecular flexibility index (Phi) is 4.59. The second-order valence-electron chi connectivity index (χ2n) is 4.88. The van der Waals surface area contributed by atoms with E-state index in [1.165, 1.54) is 0 Å². The van der Waals surface area contributed by atoms with Crippen LogP contribution >= 0.6 is 11.6 Å². The Hall–Kier alpha value is -2.38. The molecular formula is C15H17ClN6O. The fourth-order valence-corrected chi connectivity index (χ4v) is 2.35. The number of halogens is 1. The maximum atomic E-state index is 8.95. The molecule has 0 bridgehead atoms. The average molecular weight is 333 g/mol. The lowest BCUT2D eigenvalue weighted by atomic mass is 10.3. The monoisotopic (exact) mass is 332 g/mol. The zero-order valence-corrected chi connectivity index (χ0v) is 13.4. The molecule has 2 heterocycles. The van der Waals surface area contributed by atoms with Gasteiger partial charge in [-0.05, 0) is 31.2 Å². The molecule has 0 atom stereocenters. The van der Waals surface area contributed by atoms with Crippen LogP contribution in [0.25, 0.3) is 11.2 Å². The maximum Gasteiger partial charge on any atom is 0.226 e. The van der Waals surface area contributed by atoms with E-state index in [2.05, 4.69) is 25.6 Å². The van der Waals surface area contributed by atoms with E-state index in [0.717, 1.165) is 17.7 Å². The summed E-state index contributed by atoms with van der Waals surface area (Å²) in [4.78, 5) is 13.2. The molecule has 0 amide bonds. The van der Waals surface area contributed by atoms with Crippen LogP contribution in [0, 0.1) is 0 Å². The minimum Gasteiger partial charge on any atom is -0.395 e. The lowest BCUT2D eigenvalue weighted by Gasteiger charge is -2.11. The van der Waals surface area contributed by atoms with Crippen molar-refractivity contribution in [2.75, 3.05) is 23.8 Å². The van der Waals surface area contributed by atoms with Gasteiger partial charge in [-0.25, -0.2) is 4.98 Å². The normalized spacial score (nSPS) is 10.9. The van der Waals surface area contributed by atoms with Crippen molar-refractivity contribution < 1.29 is 5.11 Å². The van der Waals surface area contributed by atoms with Gasteiger partial charge in [-0.1, -0.05) is 11.6 Å². The van der Waals surface area contributed by atoms with E-state index < -0.39 is 0 Å². The molecule has 0 saturated carbocycles. The molecule has 3 aromatic rings. The zero-order chi connectivity index (χ0) is 16.2. The average Bonchev–Trinajstić information content (AvgIpc) is 2.98. The molecule has 1 aromatic carbocycles. The highest BCUT2D eigenvalue weighted by Crippen LogP contribution is 2.25. The molecule has 0 saturated heterocycles. The van der Waals surface area contributed by atoms with Crippen molar-refractivity contribution >= 4 is 40.2 Å². The Balaban J connectivity index is 2.03. The zero-order valence-electron chi connectivity index (χ0n) is 12.6. The van der Waals surface area contributed by atoms with Crippen molar-refractivity contribution in [3.05, 3.63) is 35.6 Å². The molecule has 23 heavy (non-hydrogen) atoms. The summed E-state index contributed by atoms with van der Waals surface area (Å²) in [7, 11) is 0. The quantitative estimate of drug-likeness (QED) is 0.643. The van der Waals surface area contributed by atoms with E-state index in [4.69, 9.17) is 16.7 Å². The molecule has 2 aromatic heterocycles. The molecule has 0 unspecified atom stereocenters. The molecule has 0 radical (unpaired) electrons. The van der Waals surface area contributed by atoms with Gasteiger partial charge in [0.05, 0.1) is 12.9 Å². The molecule has 0 aliphatic heterocycles. The molecule has 3 N–H and O–H groups in total. The summed E-state index contributed by atoms with van der Waals surface area (Å²) in [5.41, 5.74) is 2.29. The van der Waals surface area contributed by atoms with Crippen molar-refractivity contribution in [2.45, 2.75) is 13.5 Å². The van der Waals surface area contributed by atoms with Gasteiger partial charge in [-0.15, -0.1) is 0 Å². The third-order valence-electron chi connectivity index (χ3n) is 3.31. The smallest absolute Gasteiger partial charge is 0.226 e. The van der Waals surface area contributed by atoms with Gasteiger partial charge in [0, 0.05) is 23.8 Å². The molecule has 120 valence electrons. The number of hydrogen-bond acceptors (Lipinski definition) is 6. The fraction of sp³-hybridized carbons (Fsp3) is 0.267. The number of imidazole rings is 1. The first-order chi connectivity index (χ1) is 11.2. The van der Waals surface area contributed by atoms with Crippen LogP contribution in [-0.4, -0.2) is 37.8 Å². The Bertz CT molecular complexity index is 802. The van der Waals surface area contributed by atoms with Crippen LogP contribution in [0.15, 0.2) is 30.6 Å². The molecule has 0 fully saturated rings. The highest BCUT2D eigenvalue weighted by atomic mass is 35.5. The van der Waals surface area contributed by atoms with Gasteiger partial charge in [0.25, 0.3) is 0 Å². The van der Waals surface area contributed by atoms with Crippen LogP contribution in [0.2, 0.25) is 5.02 Å². The number of aliphatic hydroxyl groups excluding tert-OH is 1. The standard InChI is InChI=1S/C15H17ClN6O/c1-2-22-9-18-13-12(22)14(21-15(20-13)17-7-8-23)19-11-5-3-10(16)4-6-11/h3-6,9,23H,2,7-8H2,1H3,(H2,17,19,20,21). The molecule has 0 aliphatic carbocycles. The SMILES string of the molecule is CCn1cnc2nc(NCCO)nc(Nc3ccc(Cl)cc3)c21. The molecule has 7 nitrogen and oxygen atoms in total. The number of benzene rings is 1. The highest BCUT2D eigenvalue weighted by Gasteiger charge is 2.13. The summed E-state index contributed by atoms with van der Waals surface area (Å²) >= 11 is 5.92. The Morgan fingerprint density at radius 2 is 2.00 bits per heavy atom. The number of aromatic nitrogens is 4.